The highest BCUT2D eigenvalue weighted by molar-refractivity contribution is 5.77. The van der Waals surface area contributed by atoms with Gasteiger partial charge in [-0.05, 0) is 6.42 Å². The Labute approximate surface area is 188 Å². The Bertz CT molecular complexity index is 588. The molecule has 0 radical (unpaired) electrons. The molecule has 0 atom stereocenters. The molecule has 0 fully saturated rings. The lowest BCUT2D eigenvalue weighted by Crippen LogP contribution is -2.31. The third kappa shape index (κ3) is 16.7. The molecule has 1 rings (SSSR count). The minimum atomic E-state index is -0.283. The van der Waals surface area contributed by atoms with Crippen molar-refractivity contribution in [3.8, 4) is 0 Å². The monoisotopic (exact) mass is 460 g/mol. The fourth-order valence-electron chi connectivity index (χ4n) is 2.26. The van der Waals surface area contributed by atoms with Gasteiger partial charge in [-0.3, -0.25) is 4.79 Å². The van der Waals surface area contributed by atoms with Crippen molar-refractivity contribution in [2.45, 2.75) is 19.9 Å². The van der Waals surface area contributed by atoms with Crippen molar-refractivity contribution in [1.82, 2.24) is 20.3 Å². The van der Waals surface area contributed by atoms with Crippen LogP contribution in [-0.4, -0.2) is 113 Å². The van der Waals surface area contributed by atoms with Gasteiger partial charge < -0.3 is 38.5 Å². The summed E-state index contributed by atoms with van der Waals surface area (Å²) < 4.78 is 33.6. The number of aromatic nitrogens is 3. The zero-order valence-corrected chi connectivity index (χ0v) is 18.9. The Balaban J connectivity index is 1.71. The number of carbonyl (C=O) groups excluding carboxylic acids is 2. The number of nitrogens with zero attached hydrogens (tertiary/aromatic N) is 3. The topological polar surface area (TPSA) is 132 Å². The molecule has 12 heteroatoms. The van der Waals surface area contributed by atoms with E-state index in [-0.39, 0.29) is 19.1 Å². The predicted octanol–water partition coefficient (Wildman–Crippen LogP) is -0.745. The summed E-state index contributed by atoms with van der Waals surface area (Å²) in [5.74, 6) is -0.283. The molecule has 0 bridgehead atoms. The van der Waals surface area contributed by atoms with Crippen LogP contribution in [0, 0.1) is 0 Å². The first kappa shape index (κ1) is 28.1. The molecule has 0 saturated carbocycles. The molecule has 32 heavy (non-hydrogen) atoms. The summed E-state index contributed by atoms with van der Waals surface area (Å²) in [6.07, 6.45) is 3.40. The Kier molecular flexibility index (Phi) is 18.3. The van der Waals surface area contributed by atoms with E-state index in [4.69, 9.17) is 28.4 Å². The molecule has 0 aliphatic carbocycles. The number of rotatable bonds is 23. The van der Waals surface area contributed by atoms with Gasteiger partial charge in [0.15, 0.2) is 0 Å². The van der Waals surface area contributed by atoms with E-state index >= 15 is 0 Å². The van der Waals surface area contributed by atoms with Crippen molar-refractivity contribution in [2.75, 3.05) is 85.8 Å². The molecule has 0 unspecified atom stereocenters. The summed E-state index contributed by atoms with van der Waals surface area (Å²) in [6, 6.07) is 0. The predicted molar refractivity (Wildman–Crippen MR) is 113 cm³/mol. The molecule has 0 aromatic carbocycles. The molecule has 1 amide bonds. The Morgan fingerprint density at radius 3 is 2.00 bits per heavy atom. The van der Waals surface area contributed by atoms with Crippen LogP contribution in [0.25, 0.3) is 0 Å². The van der Waals surface area contributed by atoms with Crippen molar-refractivity contribution in [3.05, 3.63) is 11.9 Å². The summed E-state index contributed by atoms with van der Waals surface area (Å²) in [4.78, 5) is 21.3. The number of carbonyl (C=O) groups is 2. The summed E-state index contributed by atoms with van der Waals surface area (Å²) in [6.45, 7) is 7.68. The van der Waals surface area contributed by atoms with Gasteiger partial charge in [0.25, 0.3) is 0 Å². The van der Waals surface area contributed by atoms with Gasteiger partial charge in [0.2, 0.25) is 5.91 Å². The second-order valence-electron chi connectivity index (χ2n) is 6.42. The number of hydrogen-bond donors (Lipinski definition) is 1. The van der Waals surface area contributed by atoms with Crippen LogP contribution in [0.5, 0.6) is 0 Å². The van der Waals surface area contributed by atoms with Crippen LogP contribution in [-0.2, 0) is 51.0 Å². The van der Waals surface area contributed by atoms with E-state index in [1.807, 2.05) is 13.1 Å². The Morgan fingerprint density at radius 1 is 0.906 bits per heavy atom. The van der Waals surface area contributed by atoms with Gasteiger partial charge in [-0.1, -0.05) is 12.1 Å². The highest BCUT2D eigenvalue weighted by Crippen LogP contribution is 1.93. The van der Waals surface area contributed by atoms with Crippen molar-refractivity contribution < 1.29 is 38.0 Å². The minimum Gasteiger partial charge on any atom is -0.377 e. The van der Waals surface area contributed by atoms with Crippen LogP contribution >= 0.6 is 0 Å². The fraction of sp³-hybridized carbons (Fsp3) is 0.800. The summed E-state index contributed by atoms with van der Waals surface area (Å²) in [7, 11) is 0. The van der Waals surface area contributed by atoms with Gasteiger partial charge in [0.05, 0.1) is 78.3 Å². The fourth-order valence-corrected chi connectivity index (χ4v) is 2.26. The first-order valence-electron chi connectivity index (χ1n) is 10.8. The Morgan fingerprint density at radius 2 is 1.47 bits per heavy atom. The average Bonchev–Trinajstić information content (AvgIpc) is 3.26. The molecular weight excluding hydrogens is 424 g/mol. The van der Waals surface area contributed by atoms with Gasteiger partial charge in [-0.15, -0.1) is 5.10 Å². The van der Waals surface area contributed by atoms with Crippen LogP contribution in [0.2, 0.25) is 0 Å². The number of ether oxygens (including phenoxy) is 6. The number of nitrogens with one attached hydrogen (secondary N) is 1. The average molecular weight is 461 g/mol. The van der Waals surface area contributed by atoms with E-state index in [0.717, 1.165) is 12.1 Å². The maximum Gasteiger partial charge on any atom is 0.246 e. The molecule has 0 aliphatic heterocycles. The summed E-state index contributed by atoms with van der Waals surface area (Å²) in [5.41, 5.74) is 0.977. The summed E-state index contributed by atoms with van der Waals surface area (Å²) >= 11 is 0. The van der Waals surface area contributed by atoms with Crippen LogP contribution in [0.15, 0.2) is 6.20 Å². The summed E-state index contributed by atoms with van der Waals surface area (Å²) in [5, 5.41) is 10.6. The first-order valence-corrected chi connectivity index (χ1v) is 10.8. The van der Waals surface area contributed by atoms with Crippen molar-refractivity contribution >= 4 is 12.2 Å². The van der Waals surface area contributed by atoms with Gasteiger partial charge in [-0.25, -0.2) is 4.68 Å². The van der Waals surface area contributed by atoms with Crippen molar-refractivity contribution in [2.24, 2.45) is 0 Å². The van der Waals surface area contributed by atoms with Crippen LogP contribution in [0.3, 0.4) is 0 Å². The normalized spacial score (nSPS) is 11.0. The smallest absolute Gasteiger partial charge is 0.246 e. The number of aldehydes is 1. The van der Waals surface area contributed by atoms with E-state index in [1.54, 1.807) is 4.68 Å². The second kappa shape index (κ2) is 20.9. The molecule has 1 heterocycles. The highest BCUT2D eigenvalue weighted by Gasteiger charge is 2.00. The lowest BCUT2D eigenvalue weighted by Gasteiger charge is -2.08. The first-order chi connectivity index (χ1) is 15.8. The van der Waals surface area contributed by atoms with Gasteiger partial charge in [0, 0.05) is 12.7 Å². The lowest BCUT2D eigenvalue weighted by atomic mass is 10.4. The molecule has 0 saturated heterocycles. The third-order valence-electron chi connectivity index (χ3n) is 3.89. The van der Waals surface area contributed by atoms with E-state index < -0.39 is 0 Å². The van der Waals surface area contributed by atoms with Gasteiger partial charge in [0.1, 0.15) is 19.5 Å². The van der Waals surface area contributed by atoms with E-state index in [0.29, 0.717) is 85.4 Å². The van der Waals surface area contributed by atoms with E-state index in [2.05, 4.69) is 15.6 Å². The molecule has 1 N–H and O–H groups in total. The SMILES string of the molecule is CCc1cn(CCOCCOCCOCCOCCOCCNC(=O)COCC=O)nn1. The van der Waals surface area contributed by atoms with Crippen molar-refractivity contribution in [3.63, 3.8) is 0 Å². The number of amides is 1. The van der Waals surface area contributed by atoms with E-state index in [1.165, 1.54) is 0 Å². The quantitative estimate of drug-likeness (QED) is 0.164. The zero-order valence-electron chi connectivity index (χ0n) is 18.9. The zero-order chi connectivity index (χ0) is 23.1. The van der Waals surface area contributed by atoms with E-state index in [9.17, 15) is 9.59 Å². The van der Waals surface area contributed by atoms with Crippen LogP contribution < -0.4 is 5.32 Å². The number of hydrogen-bond acceptors (Lipinski definition) is 10. The third-order valence-corrected chi connectivity index (χ3v) is 3.89. The molecule has 12 nitrogen and oxygen atoms in total. The molecular formula is C20H36N4O8. The second-order valence-corrected chi connectivity index (χ2v) is 6.42. The Hall–Kier alpha value is -1.96. The molecule has 184 valence electrons. The molecule has 0 spiro atoms. The van der Waals surface area contributed by atoms with Gasteiger partial charge >= 0.3 is 0 Å². The van der Waals surface area contributed by atoms with Crippen molar-refractivity contribution in [1.29, 1.82) is 0 Å². The maximum absolute atomic E-state index is 11.3. The highest BCUT2D eigenvalue weighted by atomic mass is 16.6. The minimum absolute atomic E-state index is 0.0842. The standard InChI is InChI=1S/C20H36N4O8/c1-2-19-17-24(23-22-19)4-7-28-10-12-30-14-16-31-15-13-29-11-9-27-6-3-21-20(26)18-32-8-5-25/h5,17H,2-4,6-16,18H2,1H3,(H,21,26). The maximum atomic E-state index is 11.3. The van der Waals surface area contributed by atoms with Crippen LogP contribution in [0.4, 0.5) is 0 Å². The largest absolute Gasteiger partial charge is 0.377 e. The van der Waals surface area contributed by atoms with Gasteiger partial charge in [-0.2, -0.15) is 0 Å². The molecule has 0 aliphatic rings. The lowest BCUT2D eigenvalue weighted by molar-refractivity contribution is -0.127. The molecule has 1 aromatic rings. The van der Waals surface area contributed by atoms with Crippen LogP contribution in [0.1, 0.15) is 12.6 Å². The molecule has 1 aromatic heterocycles. The number of aryl methyl sites for hydroxylation is 1.